The zero-order valence-electron chi connectivity index (χ0n) is 20.1. The number of phenols is 1. The lowest BCUT2D eigenvalue weighted by Gasteiger charge is -2.25. The van der Waals surface area contributed by atoms with Gasteiger partial charge in [0.25, 0.3) is 5.91 Å². The lowest BCUT2D eigenvalue weighted by atomic mass is 9.95. The average Bonchev–Trinajstić information content (AvgIpc) is 3.30. The van der Waals surface area contributed by atoms with E-state index < -0.39 is 0 Å². The molecule has 1 amide bonds. The smallest absolute Gasteiger partial charge is 0.250 e. The van der Waals surface area contributed by atoms with Crippen LogP contribution in [0, 0.1) is 6.92 Å². The first kappa shape index (κ1) is 24.8. The zero-order valence-corrected chi connectivity index (χ0v) is 20.9. The molecule has 0 radical (unpaired) electrons. The summed E-state index contributed by atoms with van der Waals surface area (Å²) in [7, 11) is 0. The van der Waals surface area contributed by atoms with E-state index >= 15 is 0 Å². The summed E-state index contributed by atoms with van der Waals surface area (Å²) in [5.74, 6) is 1.25. The third-order valence-corrected chi connectivity index (χ3v) is 6.88. The number of nitrogens with zero attached hydrogens (tertiary/aromatic N) is 4. The Hall–Kier alpha value is -3.33. The van der Waals surface area contributed by atoms with Crippen molar-refractivity contribution in [2.45, 2.75) is 57.1 Å². The van der Waals surface area contributed by atoms with Crippen molar-refractivity contribution in [1.82, 2.24) is 20.2 Å². The van der Waals surface area contributed by atoms with Crippen molar-refractivity contribution in [3.8, 4) is 22.9 Å². The van der Waals surface area contributed by atoms with E-state index in [1.165, 1.54) is 48.9 Å². The number of thioether (sulfide) groups is 1. The second-order valence-electron chi connectivity index (χ2n) is 8.58. The molecule has 8 nitrogen and oxygen atoms in total. The molecule has 2 aromatic carbocycles. The van der Waals surface area contributed by atoms with Crippen LogP contribution in [0.25, 0.3) is 11.4 Å². The summed E-state index contributed by atoms with van der Waals surface area (Å²) < 4.78 is 7.59. The first-order chi connectivity index (χ1) is 17.0. The largest absolute Gasteiger partial charge is 0.504 e. The molecule has 184 valence electrons. The molecule has 35 heavy (non-hydrogen) atoms. The minimum atomic E-state index is -0.231. The van der Waals surface area contributed by atoms with Crippen molar-refractivity contribution < 1.29 is 14.6 Å². The van der Waals surface area contributed by atoms with Gasteiger partial charge in [-0.3, -0.25) is 9.36 Å². The second kappa shape index (κ2) is 11.9. The van der Waals surface area contributed by atoms with Gasteiger partial charge < -0.3 is 9.84 Å². The van der Waals surface area contributed by atoms with Gasteiger partial charge in [0.1, 0.15) is 0 Å². The molecule has 1 aliphatic rings. The molecular formula is C26H31N5O3S. The molecule has 1 heterocycles. The quantitative estimate of drug-likeness (QED) is 0.244. The van der Waals surface area contributed by atoms with Crippen LogP contribution in [0.2, 0.25) is 0 Å². The van der Waals surface area contributed by atoms with Crippen molar-refractivity contribution in [2.75, 3.05) is 12.4 Å². The van der Waals surface area contributed by atoms with Gasteiger partial charge in [-0.2, -0.15) is 5.10 Å². The number of carbonyl (C=O) groups is 1. The molecule has 0 bridgehead atoms. The predicted octanol–water partition coefficient (Wildman–Crippen LogP) is 5.11. The van der Waals surface area contributed by atoms with Crippen molar-refractivity contribution >= 4 is 23.9 Å². The first-order valence-electron chi connectivity index (χ1n) is 12.0. The molecule has 3 aromatic rings. The summed E-state index contributed by atoms with van der Waals surface area (Å²) >= 11 is 1.38. The van der Waals surface area contributed by atoms with Gasteiger partial charge in [0, 0.05) is 11.6 Å². The highest BCUT2D eigenvalue weighted by Crippen LogP contribution is 2.35. The molecule has 0 spiro atoms. The molecule has 2 N–H and O–H groups in total. The highest BCUT2D eigenvalue weighted by Gasteiger charge is 2.24. The Morgan fingerprint density at radius 2 is 1.97 bits per heavy atom. The highest BCUT2D eigenvalue weighted by molar-refractivity contribution is 7.99. The van der Waals surface area contributed by atoms with E-state index in [1.54, 1.807) is 12.1 Å². The van der Waals surface area contributed by atoms with Gasteiger partial charge in [0.2, 0.25) is 0 Å². The summed E-state index contributed by atoms with van der Waals surface area (Å²) in [6, 6.07) is 13.6. The van der Waals surface area contributed by atoms with Crippen LogP contribution in [-0.4, -0.2) is 44.4 Å². The number of rotatable bonds is 9. The molecule has 4 rings (SSSR count). The van der Waals surface area contributed by atoms with Crippen molar-refractivity contribution in [2.24, 2.45) is 5.10 Å². The van der Waals surface area contributed by atoms with E-state index in [2.05, 4.69) is 56.5 Å². The van der Waals surface area contributed by atoms with E-state index in [0.29, 0.717) is 24.0 Å². The number of hydrogen-bond donors (Lipinski definition) is 2. The van der Waals surface area contributed by atoms with E-state index in [0.717, 1.165) is 29.4 Å². The van der Waals surface area contributed by atoms with E-state index in [1.807, 2.05) is 6.92 Å². The summed E-state index contributed by atoms with van der Waals surface area (Å²) in [6.45, 7) is 4.35. The van der Waals surface area contributed by atoms with Crippen LogP contribution in [0.3, 0.4) is 0 Å². The van der Waals surface area contributed by atoms with Crippen molar-refractivity contribution in [3.63, 3.8) is 0 Å². The third-order valence-electron chi connectivity index (χ3n) is 5.93. The number of aryl methyl sites for hydroxylation is 1. The molecule has 0 unspecified atom stereocenters. The third kappa shape index (κ3) is 6.42. The van der Waals surface area contributed by atoms with Crippen LogP contribution < -0.4 is 10.2 Å². The van der Waals surface area contributed by atoms with E-state index in [9.17, 15) is 9.90 Å². The van der Waals surface area contributed by atoms with Gasteiger partial charge in [-0.25, -0.2) is 5.43 Å². The summed E-state index contributed by atoms with van der Waals surface area (Å²) in [6.07, 6.45) is 7.35. The Labute approximate surface area is 209 Å². The Morgan fingerprint density at radius 3 is 2.71 bits per heavy atom. The van der Waals surface area contributed by atoms with Gasteiger partial charge in [0.05, 0.1) is 18.6 Å². The molecule has 1 fully saturated rings. The number of carbonyl (C=O) groups excluding carboxylic acids is 1. The highest BCUT2D eigenvalue weighted by atomic mass is 32.2. The van der Waals surface area contributed by atoms with Crippen LogP contribution >= 0.6 is 11.8 Å². The number of ether oxygens (including phenoxy) is 1. The minimum Gasteiger partial charge on any atom is -0.504 e. The lowest BCUT2D eigenvalue weighted by molar-refractivity contribution is -0.118. The predicted molar refractivity (Wildman–Crippen MR) is 138 cm³/mol. The van der Waals surface area contributed by atoms with Gasteiger partial charge in [-0.15, -0.1) is 10.2 Å². The maximum atomic E-state index is 12.5. The number of amides is 1. The maximum absolute atomic E-state index is 12.5. The van der Waals surface area contributed by atoms with Crippen molar-refractivity contribution in [1.29, 1.82) is 0 Å². The monoisotopic (exact) mass is 493 g/mol. The molecule has 1 saturated carbocycles. The Morgan fingerprint density at radius 1 is 1.20 bits per heavy atom. The Kier molecular flexibility index (Phi) is 8.41. The molecule has 1 aliphatic carbocycles. The van der Waals surface area contributed by atoms with Crippen LogP contribution in [0.1, 0.15) is 56.2 Å². The van der Waals surface area contributed by atoms with Crippen LogP contribution in [0.4, 0.5) is 0 Å². The van der Waals surface area contributed by atoms with Gasteiger partial charge in [-0.1, -0.05) is 60.9 Å². The summed E-state index contributed by atoms with van der Waals surface area (Å²) in [5, 5.41) is 23.5. The van der Waals surface area contributed by atoms with E-state index in [4.69, 9.17) is 4.74 Å². The number of aromatic nitrogens is 3. The van der Waals surface area contributed by atoms with Gasteiger partial charge in [0.15, 0.2) is 22.5 Å². The topological polar surface area (TPSA) is 102 Å². The number of benzene rings is 2. The SMILES string of the molecule is CCOc1cc(/C=N/NC(=O)CSc2nnc(-c3ccc(C)cc3)n2C2CCCCC2)ccc1O. The molecule has 0 saturated heterocycles. The average molecular weight is 494 g/mol. The number of nitrogens with one attached hydrogen (secondary N) is 1. The second-order valence-corrected chi connectivity index (χ2v) is 9.52. The normalized spacial score (nSPS) is 14.3. The maximum Gasteiger partial charge on any atom is 0.250 e. The minimum absolute atomic E-state index is 0.0662. The fraction of sp³-hybridized carbons (Fsp3) is 0.385. The van der Waals surface area contributed by atoms with E-state index in [-0.39, 0.29) is 17.4 Å². The molecular weight excluding hydrogens is 462 g/mol. The summed E-state index contributed by atoms with van der Waals surface area (Å²) in [5.41, 5.74) is 5.50. The van der Waals surface area contributed by atoms with Crippen LogP contribution in [-0.2, 0) is 4.79 Å². The van der Waals surface area contributed by atoms with Gasteiger partial charge in [-0.05, 0) is 50.5 Å². The lowest BCUT2D eigenvalue weighted by Crippen LogP contribution is -2.20. The molecule has 9 heteroatoms. The van der Waals surface area contributed by atoms with Gasteiger partial charge >= 0.3 is 0 Å². The Bertz CT molecular complexity index is 1170. The number of hydrazone groups is 1. The van der Waals surface area contributed by atoms with Crippen LogP contribution in [0.5, 0.6) is 11.5 Å². The molecule has 0 aliphatic heterocycles. The summed E-state index contributed by atoms with van der Waals surface area (Å²) in [4.78, 5) is 12.5. The standard InChI is InChI=1S/C26H31N5O3S/c1-3-34-23-15-19(11-14-22(23)32)16-27-28-24(33)17-35-26-30-29-25(20-12-9-18(2)10-13-20)31(26)21-7-5-4-6-8-21/h9-16,21,32H,3-8,17H2,1-2H3,(H,28,33)/b27-16+. The van der Waals surface area contributed by atoms with Crippen molar-refractivity contribution in [3.05, 3.63) is 53.6 Å². The van der Waals surface area contributed by atoms with Crippen LogP contribution in [0.15, 0.2) is 52.7 Å². The fourth-order valence-electron chi connectivity index (χ4n) is 4.17. The Balaban J connectivity index is 1.42. The number of aromatic hydroxyl groups is 1. The zero-order chi connectivity index (χ0) is 24.6. The molecule has 1 aromatic heterocycles. The molecule has 0 atom stereocenters. The number of phenolic OH excluding ortho intramolecular Hbond substituents is 1. The fourth-order valence-corrected chi connectivity index (χ4v) is 4.96. The number of hydrogen-bond acceptors (Lipinski definition) is 7. The first-order valence-corrected chi connectivity index (χ1v) is 13.0.